The highest BCUT2D eigenvalue weighted by Crippen LogP contribution is 2.30. The van der Waals surface area contributed by atoms with Gasteiger partial charge in [-0.1, -0.05) is 6.07 Å². The zero-order valence-corrected chi connectivity index (χ0v) is 11.1. The third-order valence-electron chi connectivity index (χ3n) is 2.94. The van der Waals surface area contributed by atoms with Crippen LogP contribution in [-0.2, 0) is 6.54 Å². The number of nitrogens with one attached hydrogen (secondary N) is 1. The maximum atomic E-state index is 13.8. The van der Waals surface area contributed by atoms with Crippen molar-refractivity contribution < 1.29 is 17.9 Å². The third kappa shape index (κ3) is 2.77. The largest absolute Gasteiger partial charge is 0.496 e. The molecule has 0 aromatic heterocycles. The highest BCUT2D eigenvalue weighted by molar-refractivity contribution is 5.67. The SMILES string of the molecule is CNCc1cc(-c2c(F)cc(F)cc2F)ccc1OC. The molecule has 106 valence electrons. The molecule has 0 unspecified atom stereocenters. The van der Waals surface area contributed by atoms with Crippen molar-refractivity contribution in [2.24, 2.45) is 0 Å². The first-order valence-corrected chi connectivity index (χ1v) is 6.03. The normalized spacial score (nSPS) is 10.7. The van der Waals surface area contributed by atoms with Crippen LogP contribution in [0.3, 0.4) is 0 Å². The van der Waals surface area contributed by atoms with E-state index in [-0.39, 0.29) is 5.56 Å². The molecule has 0 radical (unpaired) electrons. The molecule has 0 aliphatic heterocycles. The number of halogens is 3. The number of hydrogen-bond acceptors (Lipinski definition) is 2. The van der Waals surface area contributed by atoms with Crippen molar-refractivity contribution >= 4 is 0 Å². The molecule has 0 fully saturated rings. The average Bonchev–Trinajstić information content (AvgIpc) is 2.38. The summed E-state index contributed by atoms with van der Waals surface area (Å²) in [5.74, 6) is -2.18. The van der Waals surface area contributed by atoms with Crippen LogP contribution in [0.5, 0.6) is 5.75 Å². The first-order chi connectivity index (χ1) is 9.56. The van der Waals surface area contributed by atoms with Gasteiger partial charge in [-0.2, -0.15) is 0 Å². The van der Waals surface area contributed by atoms with Crippen LogP contribution in [0.4, 0.5) is 13.2 Å². The standard InChI is InChI=1S/C15H14F3NO/c1-19-8-10-5-9(3-4-14(10)20-2)15-12(17)6-11(16)7-13(15)18/h3-7,19H,8H2,1-2H3. The van der Waals surface area contributed by atoms with Crippen molar-refractivity contribution in [2.45, 2.75) is 6.54 Å². The van der Waals surface area contributed by atoms with Crippen LogP contribution in [-0.4, -0.2) is 14.2 Å². The molecule has 0 spiro atoms. The fraction of sp³-hybridized carbons (Fsp3) is 0.200. The second-order valence-electron chi connectivity index (χ2n) is 4.30. The van der Waals surface area contributed by atoms with Crippen LogP contribution in [0.2, 0.25) is 0 Å². The van der Waals surface area contributed by atoms with Crippen molar-refractivity contribution in [3.8, 4) is 16.9 Å². The topological polar surface area (TPSA) is 21.3 Å². The predicted molar refractivity (Wildman–Crippen MR) is 71.1 cm³/mol. The van der Waals surface area contributed by atoms with E-state index in [1.807, 2.05) is 0 Å². The van der Waals surface area contributed by atoms with E-state index in [1.165, 1.54) is 13.2 Å². The Balaban J connectivity index is 2.56. The minimum absolute atomic E-state index is 0.244. The van der Waals surface area contributed by atoms with E-state index in [4.69, 9.17) is 4.74 Å². The summed E-state index contributed by atoms with van der Waals surface area (Å²) in [5, 5.41) is 2.95. The highest BCUT2D eigenvalue weighted by atomic mass is 19.1. The molecular formula is C15H14F3NO. The predicted octanol–water partition coefficient (Wildman–Crippen LogP) is 3.50. The van der Waals surface area contributed by atoms with Crippen molar-refractivity contribution in [2.75, 3.05) is 14.2 Å². The van der Waals surface area contributed by atoms with E-state index in [0.717, 1.165) is 5.56 Å². The monoisotopic (exact) mass is 281 g/mol. The zero-order chi connectivity index (χ0) is 14.7. The number of hydrogen-bond donors (Lipinski definition) is 1. The Kier molecular flexibility index (Phi) is 4.29. The Morgan fingerprint density at radius 3 is 2.25 bits per heavy atom. The van der Waals surface area contributed by atoms with Gasteiger partial charge in [0, 0.05) is 24.2 Å². The second kappa shape index (κ2) is 5.96. The number of rotatable bonds is 4. The summed E-state index contributed by atoms with van der Waals surface area (Å²) in [4.78, 5) is 0. The quantitative estimate of drug-likeness (QED) is 0.926. The molecule has 0 amide bonds. The van der Waals surface area contributed by atoms with Gasteiger partial charge in [0.05, 0.1) is 12.7 Å². The number of methoxy groups -OCH3 is 1. The molecule has 0 saturated carbocycles. The maximum absolute atomic E-state index is 13.8. The lowest BCUT2D eigenvalue weighted by Crippen LogP contribution is -2.07. The molecule has 0 bridgehead atoms. The fourth-order valence-electron chi connectivity index (χ4n) is 2.08. The minimum atomic E-state index is -0.937. The van der Waals surface area contributed by atoms with Gasteiger partial charge in [-0.15, -0.1) is 0 Å². The Morgan fingerprint density at radius 2 is 1.70 bits per heavy atom. The minimum Gasteiger partial charge on any atom is -0.496 e. The van der Waals surface area contributed by atoms with Crippen molar-refractivity contribution in [3.63, 3.8) is 0 Å². The fourth-order valence-corrected chi connectivity index (χ4v) is 2.08. The molecule has 0 atom stereocenters. The summed E-state index contributed by atoms with van der Waals surface area (Å²) >= 11 is 0. The van der Waals surface area contributed by atoms with Crippen molar-refractivity contribution in [3.05, 3.63) is 53.3 Å². The van der Waals surface area contributed by atoms with Crippen LogP contribution in [0.25, 0.3) is 11.1 Å². The summed E-state index contributed by atoms with van der Waals surface area (Å²) in [5.41, 5.74) is 0.855. The molecule has 20 heavy (non-hydrogen) atoms. The van der Waals surface area contributed by atoms with Gasteiger partial charge >= 0.3 is 0 Å². The molecule has 2 nitrogen and oxygen atoms in total. The van der Waals surface area contributed by atoms with E-state index >= 15 is 0 Å². The lowest BCUT2D eigenvalue weighted by Gasteiger charge is -2.12. The second-order valence-corrected chi connectivity index (χ2v) is 4.30. The van der Waals surface area contributed by atoms with Gasteiger partial charge in [0.1, 0.15) is 23.2 Å². The lowest BCUT2D eigenvalue weighted by atomic mass is 10.0. The van der Waals surface area contributed by atoms with Crippen molar-refractivity contribution in [1.29, 1.82) is 0 Å². The Labute approximate surface area is 115 Å². The first kappa shape index (κ1) is 14.4. The van der Waals surface area contributed by atoms with Gasteiger partial charge < -0.3 is 10.1 Å². The molecule has 1 N–H and O–H groups in total. The third-order valence-corrected chi connectivity index (χ3v) is 2.94. The molecule has 0 aliphatic carbocycles. The Morgan fingerprint density at radius 1 is 1.05 bits per heavy atom. The molecule has 0 saturated heterocycles. The van der Waals surface area contributed by atoms with E-state index in [0.29, 0.717) is 30.0 Å². The maximum Gasteiger partial charge on any atom is 0.136 e. The van der Waals surface area contributed by atoms with Gasteiger partial charge in [0.2, 0.25) is 0 Å². The Hall–Kier alpha value is -2.01. The van der Waals surface area contributed by atoms with E-state index in [9.17, 15) is 13.2 Å². The lowest BCUT2D eigenvalue weighted by molar-refractivity contribution is 0.408. The summed E-state index contributed by atoms with van der Waals surface area (Å²) in [6, 6.07) is 6.12. The van der Waals surface area contributed by atoms with Gasteiger partial charge in [-0.25, -0.2) is 13.2 Å². The van der Waals surface area contributed by atoms with Crippen LogP contribution in [0, 0.1) is 17.5 Å². The molecule has 5 heteroatoms. The summed E-state index contributed by atoms with van der Waals surface area (Å²) in [7, 11) is 3.28. The van der Waals surface area contributed by atoms with Gasteiger partial charge in [-0.05, 0) is 24.7 Å². The summed E-state index contributed by atoms with van der Waals surface area (Å²) in [6.45, 7) is 0.488. The van der Waals surface area contributed by atoms with Crippen molar-refractivity contribution in [1.82, 2.24) is 5.32 Å². The zero-order valence-electron chi connectivity index (χ0n) is 11.1. The molecule has 0 heterocycles. The van der Waals surface area contributed by atoms with Crippen LogP contribution in [0.15, 0.2) is 30.3 Å². The highest BCUT2D eigenvalue weighted by Gasteiger charge is 2.15. The first-order valence-electron chi connectivity index (χ1n) is 6.03. The number of ether oxygens (including phenoxy) is 1. The van der Waals surface area contributed by atoms with Gasteiger partial charge in [-0.3, -0.25) is 0 Å². The molecule has 2 rings (SSSR count). The van der Waals surface area contributed by atoms with Gasteiger partial charge in [0.15, 0.2) is 0 Å². The van der Waals surface area contributed by atoms with Gasteiger partial charge in [0.25, 0.3) is 0 Å². The molecule has 2 aromatic rings. The molecule has 2 aromatic carbocycles. The number of benzene rings is 2. The van der Waals surface area contributed by atoms with Crippen LogP contribution >= 0.6 is 0 Å². The van der Waals surface area contributed by atoms with Crippen LogP contribution in [0.1, 0.15) is 5.56 Å². The van der Waals surface area contributed by atoms with E-state index in [1.54, 1.807) is 19.2 Å². The Bertz CT molecular complexity index is 606. The summed E-state index contributed by atoms with van der Waals surface area (Å²) in [6.07, 6.45) is 0. The van der Waals surface area contributed by atoms with E-state index < -0.39 is 17.5 Å². The van der Waals surface area contributed by atoms with E-state index in [2.05, 4.69) is 5.32 Å². The smallest absolute Gasteiger partial charge is 0.136 e. The summed E-state index contributed by atoms with van der Waals surface area (Å²) < 4.78 is 45.7. The van der Waals surface area contributed by atoms with Crippen LogP contribution < -0.4 is 10.1 Å². The average molecular weight is 281 g/mol. The molecular weight excluding hydrogens is 267 g/mol. The molecule has 0 aliphatic rings.